The minimum absolute atomic E-state index is 0.232. The Bertz CT molecular complexity index is 1010. The summed E-state index contributed by atoms with van der Waals surface area (Å²) in [6, 6.07) is 13.0. The van der Waals surface area contributed by atoms with Crippen LogP contribution in [0, 0.1) is 0 Å². The number of aromatic nitrogens is 3. The lowest BCUT2D eigenvalue weighted by molar-refractivity contribution is -0.117. The van der Waals surface area contributed by atoms with Gasteiger partial charge in [-0.1, -0.05) is 41.9 Å². The highest BCUT2D eigenvalue weighted by molar-refractivity contribution is 6.32. The van der Waals surface area contributed by atoms with Crippen molar-refractivity contribution in [3.8, 4) is 11.5 Å². The molecular formula is C21H19ClN4O3. The van der Waals surface area contributed by atoms with Crippen LogP contribution in [-0.2, 0) is 11.3 Å². The van der Waals surface area contributed by atoms with E-state index in [1.165, 1.54) is 12.4 Å². The van der Waals surface area contributed by atoms with Crippen molar-refractivity contribution in [3.63, 3.8) is 0 Å². The first kappa shape index (κ1) is 19.0. The normalized spacial score (nSPS) is 14.0. The summed E-state index contributed by atoms with van der Waals surface area (Å²) in [5.41, 5.74) is 1.73. The fourth-order valence-corrected chi connectivity index (χ4v) is 3.33. The van der Waals surface area contributed by atoms with E-state index in [0.29, 0.717) is 36.3 Å². The molecule has 0 saturated carbocycles. The highest BCUT2D eigenvalue weighted by Crippen LogP contribution is 2.38. The molecule has 0 fully saturated rings. The van der Waals surface area contributed by atoms with Gasteiger partial charge < -0.3 is 14.8 Å². The van der Waals surface area contributed by atoms with E-state index in [-0.39, 0.29) is 11.9 Å². The Morgan fingerprint density at radius 2 is 2.07 bits per heavy atom. The van der Waals surface area contributed by atoms with E-state index in [0.717, 1.165) is 11.1 Å². The predicted molar refractivity (Wildman–Crippen MR) is 109 cm³/mol. The topological polar surface area (TPSA) is 78.3 Å². The number of fused-ring (bicyclic) bond motifs is 1. The first-order valence-electron chi connectivity index (χ1n) is 9.14. The standard InChI is InChI=1S/C21H19ClN4O3/c22-17-10-15(11-19-21(17)29-9-8-28-19)6-7-20(27)25-18(12-26-14-23-13-24-26)16-4-2-1-3-5-16/h1-7,10-11,13-14,18H,8-9,12H2,(H,25,27)/b7-6+. The molecule has 0 radical (unpaired) electrons. The van der Waals surface area contributed by atoms with Gasteiger partial charge >= 0.3 is 0 Å². The maximum atomic E-state index is 12.6. The third kappa shape index (κ3) is 4.75. The minimum Gasteiger partial charge on any atom is -0.486 e. The molecule has 8 heteroatoms. The van der Waals surface area contributed by atoms with E-state index in [4.69, 9.17) is 21.1 Å². The highest BCUT2D eigenvalue weighted by atomic mass is 35.5. The summed E-state index contributed by atoms with van der Waals surface area (Å²) >= 11 is 6.25. The van der Waals surface area contributed by atoms with Gasteiger partial charge in [0.25, 0.3) is 0 Å². The van der Waals surface area contributed by atoms with Gasteiger partial charge in [0.1, 0.15) is 25.9 Å². The van der Waals surface area contributed by atoms with Crippen molar-refractivity contribution in [2.24, 2.45) is 0 Å². The number of amides is 1. The van der Waals surface area contributed by atoms with Crippen molar-refractivity contribution < 1.29 is 14.3 Å². The molecule has 1 atom stereocenters. The van der Waals surface area contributed by atoms with Crippen molar-refractivity contribution in [3.05, 3.63) is 77.3 Å². The Hall–Kier alpha value is -3.32. The molecule has 3 aromatic rings. The van der Waals surface area contributed by atoms with Crippen LogP contribution in [0.1, 0.15) is 17.2 Å². The summed E-state index contributed by atoms with van der Waals surface area (Å²) in [6.07, 6.45) is 6.25. The molecule has 2 aromatic carbocycles. The zero-order valence-corrected chi connectivity index (χ0v) is 16.2. The second kappa shape index (κ2) is 8.79. The van der Waals surface area contributed by atoms with Crippen molar-refractivity contribution in [1.29, 1.82) is 0 Å². The smallest absolute Gasteiger partial charge is 0.244 e. The number of carbonyl (C=O) groups is 1. The van der Waals surface area contributed by atoms with E-state index in [1.807, 2.05) is 30.3 Å². The lowest BCUT2D eigenvalue weighted by atomic mass is 10.1. The summed E-state index contributed by atoms with van der Waals surface area (Å²) < 4.78 is 12.8. The van der Waals surface area contributed by atoms with Gasteiger partial charge in [0, 0.05) is 6.08 Å². The molecule has 0 saturated heterocycles. The largest absolute Gasteiger partial charge is 0.486 e. The van der Waals surface area contributed by atoms with Gasteiger partial charge in [0.15, 0.2) is 11.5 Å². The number of nitrogens with one attached hydrogen (secondary N) is 1. The van der Waals surface area contributed by atoms with Gasteiger partial charge in [-0.3, -0.25) is 9.48 Å². The maximum absolute atomic E-state index is 12.6. The van der Waals surface area contributed by atoms with Gasteiger partial charge in [-0.25, -0.2) is 4.98 Å². The van der Waals surface area contributed by atoms with Crippen LogP contribution in [0.2, 0.25) is 5.02 Å². The quantitative estimate of drug-likeness (QED) is 0.631. The monoisotopic (exact) mass is 410 g/mol. The first-order valence-corrected chi connectivity index (χ1v) is 9.52. The van der Waals surface area contributed by atoms with E-state index < -0.39 is 0 Å². The number of hydrogen-bond acceptors (Lipinski definition) is 5. The molecule has 1 N–H and O–H groups in total. The van der Waals surface area contributed by atoms with E-state index in [2.05, 4.69) is 15.4 Å². The Morgan fingerprint density at radius 3 is 2.86 bits per heavy atom. The molecule has 0 spiro atoms. The summed E-state index contributed by atoms with van der Waals surface area (Å²) in [5, 5.41) is 7.60. The van der Waals surface area contributed by atoms with Crippen LogP contribution >= 0.6 is 11.6 Å². The molecule has 1 aliphatic heterocycles. The second-order valence-electron chi connectivity index (χ2n) is 6.45. The van der Waals surface area contributed by atoms with Crippen LogP contribution in [0.15, 0.2) is 61.2 Å². The van der Waals surface area contributed by atoms with Crippen molar-refractivity contribution in [1.82, 2.24) is 20.1 Å². The fourth-order valence-electron chi connectivity index (χ4n) is 3.05. The molecule has 7 nitrogen and oxygen atoms in total. The highest BCUT2D eigenvalue weighted by Gasteiger charge is 2.17. The molecule has 0 bridgehead atoms. The zero-order valence-electron chi connectivity index (χ0n) is 15.5. The summed E-state index contributed by atoms with van der Waals surface area (Å²) in [4.78, 5) is 16.5. The third-order valence-corrected chi connectivity index (χ3v) is 4.68. The number of nitrogens with zero attached hydrogens (tertiary/aromatic N) is 3. The van der Waals surface area contributed by atoms with E-state index >= 15 is 0 Å². The van der Waals surface area contributed by atoms with E-state index in [9.17, 15) is 4.79 Å². The maximum Gasteiger partial charge on any atom is 0.244 e. The molecule has 29 heavy (non-hydrogen) atoms. The Balaban J connectivity index is 1.48. The van der Waals surface area contributed by atoms with Gasteiger partial charge in [0.2, 0.25) is 5.91 Å². The molecule has 4 rings (SSSR count). The second-order valence-corrected chi connectivity index (χ2v) is 6.86. The first-order chi connectivity index (χ1) is 14.2. The molecular weight excluding hydrogens is 392 g/mol. The average Bonchev–Trinajstić information content (AvgIpc) is 3.26. The fraction of sp³-hybridized carbons (Fsp3) is 0.190. The molecule has 1 amide bonds. The SMILES string of the molecule is O=C(/C=C/c1cc(Cl)c2c(c1)OCCO2)NC(Cn1cncn1)c1ccccc1. The Kier molecular flexibility index (Phi) is 5.76. The number of ether oxygens (including phenoxy) is 2. The van der Waals surface area contributed by atoms with Gasteiger partial charge in [-0.2, -0.15) is 5.10 Å². The predicted octanol–water partition coefficient (Wildman–Crippen LogP) is 3.27. The van der Waals surface area contributed by atoms with Gasteiger partial charge in [-0.05, 0) is 29.3 Å². The van der Waals surface area contributed by atoms with Crippen LogP contribution in [0.25, 0.3) is 6.08 Å². The zero-order chi connectivity index (χ0) is 20.1. The van der Waals surface area contributed by atoms with Crippen molar-refractivity contribution in [2.45, 2.75) is 12.6 Å². The van der Waals surface area contributed by atoms with Gasteiger partial charge in [-0.15, -0.1) is 0 Å². The number of halogens is 1. The number of carbonyl (C=O) groups excluding carboxylic acids is 1. The molecule has 1 unspecified atom stereocenters. The molecule has 1 aliphatic rings. The molecule has 0 aliphatic carbocycles. The van der Waals surface area contributed by atoms with Gasteiger partial charge in [0.05, 0.1) is 17.6 Å². The summed E-state index contributed by atoms with van der Waals surface area (Å²) in [5.74, 6) is 0.888. The number of hydrogen-bond donors (Lipinski definition) is 1. The molecule has 148 valence electrons. The van der Waals surface area contributed by atoms with Crippen LogP contribution in [0.5, 0.6) is 11.5 Å². The lowest BCUT2D eigenvalue weighted by Gasteiger charge is -2.20. The minimum atomic E-state index is -0.251. The van der Waals surface area contributed by atoms with Crippen molar-refractivity contribution in [2.75, 3.05) is 13.2 Å². The van der Waals surface area contributed by atoms with Crippen LogP contribution in [-0.4, -0.2) is 33.9 Å². The number of benzene rings is 2. The molecule has 1 aromatic heterocycles. The van der Waals surface area contributed by atoms with E-state index in [1.54, 1.807) is 29.2 Å². The summed E-state index contributed by atoms with van der Waals surface area (Å²) in [6.45, 7) is 1.41. The van der Waals surface area contributed by atoms with Crippen LogP contribution < -0.4 is 14.8 Å². The third-order valence-electron chi connectivity index (χ3n) is 4.40. The van der Waals surface area contributed by atoms with Crippen LogP contribution in [0.3, 0.4) is 0 Å². The van der Waals surface area contributed by atoms with Crippen molar-refractivity contribution >= 4 is 23.6 Å². The number of rotatable bonds is 6. The average molecular weight is 411 g/mol. The molecule has 2 heterocycles. The Morgan fingerprint density at radius 1 is 1.24 bits per heavy atom. The Labute approximate surface area is 172 Å². The summed E-state index contributed by atoms with van der Waals surface area (Å²) in [7, 11) is 0. The van der Waals surface area contributed by atoms with Crippen LogP contribution in [0.4, 0.5) is 0 Å². The lowest BCUT2D eigenvalue weighted by Crippen LogP contribution is -2.30.